The largest absolute Gasteiger partial charge is 0.308 e. The van der Waals surface area contributed by atoms with Crippen LogP contribution in [0.15, 0.2) is 42.3 Å². The van der Waals surface area contributed by atoms with Crippen molar-refractivity contribution in [2.45, 2.75) is 6.04 Å². The summed E-state index contributed by atoms with van der Waals surface area (Å²) in [5.41, 5.74) is 3.04. The quantitative estimate of drug-likeness (QED) is 0.781. The van der Waals surface area contributed by atoms with Crippen LogP contribution in [0, 0.1) is 0 Å². The second-order valence-electron chi connectivity index (χ2n) is 3.92. The number of pyridine rings is 1. The Hall–Kier alpha value is -1.85. The fourth-order valence-electron chi connectivity index (χ4n) is 1.96. The van der Waals surface area contributed by atoms with Gasteiger partial charge in [-0.3, -0.25) is 15.0 Å². The number of nitrogens with zero attached hydrogens (tertiary/aromatic N) is 3. The molecule has 3 aromatic heterocycles. The molecule has 0 radical (unpaired) electrons. The summed E-state index contributed by atoms with van der Waals surface area (Å²) in [6, 6.07) is 4.21. The number of hydrogen-bond acceptors (Lipinski definition) is 5. The molecule has 0 amide bonds. The maximum Gasteiger partial charge on any atom is 0.0809 e. The molecule has 18 heavy (non-hydrogen) atoms. The monoisotopic (exact) mass is 256 g/mol. The topological polar surface area (TPSA) is 50.7 Å². The fourth-order valence-corrected chi connectivity index (χ4v) is 2.75. The van der Waals surface area contributed by atoms with Gasteiger partial charge in [0.05, 0.1) is 28.1 Å². The van der Waals surface area contributed by atoms with E-state index in [0.29, 0.717) is 0 Å². The molecule has 4 nitrogen and oxygen atoms in total. The van der Waals surface area contributed by atoms with E-state index in [1.165, 1.54) is 4.70 Å². The Morgan fingerprint density at radius 2 is 2.17 bits per heavy atom. The van der Waals surface area contributed by atoms with Crippen LogP contribution < -0.4 is 5.32 Å². The van der Waals surface area contributed by atoms with Crippen LogP contribution in [0.5, 0.6) is 0 Å². The first-order valence-corrected chi connectivity index (χ1v) is 6.53. The van der Waals surface area contributed by atoms with Crippen LogP contribution in [-0.4, -0.2) is 22.0 Å². The molecule has 0 aliphatic carbocycles. The molecule has 3 rings (SSSR count). The molecule has 0 aliphatic rings. The molecule has 0 spiro atoms. The first-order chi connectivity index (χ1) is 8.88. The smallest absolute Gasteiger partial charge is 0.0809 e. The Bertz CT molecular complexity index is 650. The van der Waals surface area contributed by atoms with Crippen LogP contribution in [-0.2, 0) is 0 Å². The Balaban J connectivity index is 2.05. The third-order valence-electron chi connectivity index (χ3n) is 2.82. The van der Waals surface area contributed by atoms with E-state index in [4.69, 9.17) is 0 Å². The molecule has 0 aliphatic heterocycles. The zero-order valence-electron chi connectivity index (χ0n) is 9.87. The van der Waals surface area contributed by atoms with E-state index in [0.717, 1.165) is 16.8 Å². The Labute approximate surface area is 109 Å². The molecule has 0 saturated heterocycles. The molecule has 5 heteroatoms. The van der Waals surface area contributed by atoms with Crippen LogP contribution in [0.2, 0.25) is 0 Å². The summed E-state index contributed by atoms with van der Waals surface area (Å²) in [5, 5.41) is 5.31. The average molecular weight is 256 g/mol. The van der Waals surface area contributed by atoms with Gasteiger partial charge >= 0.3 is 0 Å². The molecule has 90 valence electrons. The lowest BCUT2D eigenvalue weighted by Gasteiger charge is -2.15. The van der Waals surface area contributed by atoms with Gasteiger partial charge in [-0.2, -0.15) is 0 Å². The second-order valence-corrected chi connectivity index (χ2v) is 4.87. The molecule has 1 atom stereocenters. The van der Waals surface area contributed by atoms with Gasteiger partial charge < -0.3 is 5.32 Å². The minimum atomic E-state index is 0.0256. The van der Waals surface area contributed by atoms with E-state index >= 15 is 0 Å². The standard InChI is InChI=1S/C13H12N4S/c1-14-13(11-8-15-3-4-16-11)9-6-12-10(17-7-9)2-5-18-12/h2-8,13-14H,1H3. The van der Waals surface area contributed by atoms with Crippen molar-refractivity contribution < 1.29 is 0 Å². The molecule has 1 unspecified atom stereocenters. The van der Waals surface area contributed by atoms with Gasteiger partial charge in [0, 0.05) is 18.6 Å². The molecule has 0 bridgehead atoms. The average Bonchev–Trinajstić information content (AvgIpc) is 2.88. The third-order valence-corrected chi connectivity index (χ3v) is 3.68. The highest BCUT2D eigenvalue weighted by Gasteiger charge is 2.14. The molecule has 3 heterocycles. The van der Waals surface area contributed by atoms with Crippen molar-refractivity contribution >= 4 is 21.6 Å². The van der Waals surface area contributed by atoms with Crippen molar-refractivity contribution in [2.24, 2.45) is 0 Å². The lowest BCUT2D eigenvalue weighted by atomic mass is 10.1. The van der Waals surface area contributed by atoms with Gasteiger partial charge in [0.25, 0.3) is 0 Å². The van der Waals surface area contributed by atoms with Crippen LogP contribution in [0.1, 0.15) is 17.3 Å². The maximum absolute atomic E-state index is 4.46. The van der Waals surface area contributed by atoms with Crippen molar-refractivity contribution in [3.05, 3.63) is 53.6 Å². The van der Waals surface area contributed by atoms with Crippen LogP contribution in [0.25, 0.3) is 10.2 Å². The highest BCUT2D eigenvalue weighted by atomic mass is 32.1. The van der Waals surface area contributed by atoms with E-state index in [9.17, 15) is 0 Å². The van der Waals surface area contributed by atoms with Gasteiger partial charge in [-0.1, -0.05) is 0 Å². The predicted octanol–water partition coefficient (Wildman–Crippen LogP) is 2.40. The van der Waals surface area contributed by atoms with Gasteiger partial charge in [-0.05, 0) is 30.1 Å². The van der Waals surface area contributed by atoms with E-state index < -0.39 is 0 Å². The Morgan fingerprint density at radius 3 is 2.94 bits per heavy atom. The maximum atomic E-state index is 4.46. The van der Waals surface area contributed by atoms with Gasteiger partial charge in [0.1, 0.15) is 0 Å². The first-order valence-electron chi connectivity index (χ1n) is 5.65. The van der Waals surface area contributed by atoms with Gasteiger partial charge in [-0.15, -0.1) is 11.3 Å². The SMILES string of the molecule is CNC(c1cnc2ccsc2c1)c1cnccn1. The predicted molar refractivity (Wildman–Crippen MR) is 72.6 cm³/mol. The lowest BCUT2D eigenvalue weighted by molar-refractivity contribution is 0.665. The minimum Gasteiger partial charge on any atom is -0.308 e. The van der Waals surface area contributed by atoms with E-state index in [-0.39, 0.29) is 6.04 Å². The number of thiophene rings is 1. The minimum absolute atomic E-state index is 0.0256. The van der Waals surface area contributed by atoms with E-state index in [2.05, 4.69) is 31.7 Å². The molecule has 0 fully saturated rings. The Kier molecular flexibility index (Phi) is 3.00. The first kappa shape index (κ1) is 11.3. The van der Waals surface area contributed by atoms with E-state index in [1.807, 2.05) is 19.3 Å². The van der Waals surface area contributed by atoms with Crippen LogP contribution >= 0.6 is 11.3 Å². The normalized spacial score (nSPS) is 12.7. The highest BCUT2D eigenvalue weighted by Crippen LogP contribution is 2.25. The van der Waals surface area contributed by atoms with Crippen molar-refractivity contribution in [1.82, 2.24) is 20.3 Å². The molecule has 3 aromatic rings. The number of rotatable bonds is 3. The van der Waals surface area contributed by atoms with Crippen molar-refractivity contribution in [2.75, 3.05) is 7.05 Å². The summed E-state index contributed by atoms with van der Waals surface area (Å²) in [6.45, 7) is 0. The fraction of sp³-hybridized carbons (Fsp3) is 0.154. The summed E-state index contributed by atoms with van der Waals surface area (Å²) >= 11 is 1.70. The van der Waals surface area contributed by atoms with E-state index in [1.54, 1.807) is 29.9 Å². The number of hydrogen-bond donors (Lipinski definition) is 1. The summed E-state index contributed by atoms with van der Waals surface area (Å²) in [6.07, 6.45) is 7.05. The third kappa shape index (κ3) is 1.98. The van der Waals surface area contributed by atoms with Gasteiger partial charge in [0.2, 0.25) is 0 Å². The molecule has 0 aromatic carbocycles. The number of aromatic nitrogens is 3. The number of fused-ring (bicyclic) bond motifs is 1. The second kappa shape index (κ2) is 4.80. The van der Waals surface area contributed by atoms with Crippen molar-refractivity contribution in [1.29, 1.82) is 0 Å². The lowest BCUT2D eigenvalue weighted by Crippen LogP contribution is -2.19. The Morgan fingerprint density at radius 1 is 1.22 bits per heavy atom. The summed E-state index contributed by atoms with van der Waals surface area (Å²) < 4.78 is 1.19. The summed E-state index contributed by atoms with van der Waals surface area (Å²) in [4.78, 5) is 12.9. The van der Waals surface area contributed by atoms with Crippen molar-refractivity contribution in [3.8, 4) is 0 Å². The molecular formula is C13H12N4S. The van der Waals surface area contributed by atoms with Crippen molar-refractivity contribution in [3.63, 3.8) is 0 Å². The van der Waals surface area contributed by atoms with Gasteiger partial charge in [-0.25, -0.2) is 0 Å². The highest BCUT2D eigenvalue weighted by molar-refractivity contribution is 7.17. The zero-order chi connectivity index (χ0) is 12.4. The molecular weight excluding hydrogens is 244 g/mol. The van der Waals surface area contributed by atoms with Crippen LogP contribution in [0.4, 0.5) is 0 Å². The summed E-state index contributed by atoms with van der Waals surface area (Å²) in [7, 11) is 1.91. The van der Waals surface area contributed by atoms with Gasteiger partial charge in [0.15, 0.2) is 0 Å². The molecule has 0 saturated carbocycles. The zero-order valence-corrected chi connectivity index (χ0v) is 10.7. The number of nitrogens with one attached hydrogen (secondary N) is 1. The molecule has 1 N–H and O–H groups in total. The van der Waals surface area contributed by atoms with Crippen LogP contribution in [0.3, 0.4) is 0 Å². The summed E-state index contributed by atoms with van der Waals surface area (Å²) in [5.74, 6) is 0.